The van der Waals surface area contributed by atoms with E-state index in [1.807, 2.05) is 0 Å². The van der Waals surface area contributed by atoms with Crippen molar-refractivity contribution in [2.24, 2.45) is 0 Å². The van der Waals surface area contributed by atoms with Gasteiger partial charge >= 0.3 is 0 Å². The number of hydrogen-bond donors (Lipinski definition) is 2. The number of nitrogens with one attached hydrogen (secondary N) is 1. The van der Waals surface area contributed by atoms with Gasteiger partial charge in [0.25, 0.3) is 5.91 Å². The van der Waals surface area contributed by atoms with Crippen molar-refractivity contribution in [1.82, 2.24) is 5.32 Å². The summed E-state index contributed by atoms with van der Waals surface area (Å²) in [7, 11) is 4.39. The molecule has 140 valence electrons. The number of hydrogen-bond acceptors (Lipinski definition) is 5. The van der Waals surface area contributed by atoms with Crippen molar-refractivity contribution in [2.75, 3.05) is 27.9 Å². The number of halogens is 1. The first-order valence-electron chi connectivity index (χ1n) is 7.89. The summed E-state index contributed by atoms with van der Waals surface area (Å²) in [6.45, 7) is 1.48. The molecular weight excluding hydrogens is 341 g/mol. The Morgan fingerprint density at radius 1 is 1.08 bits per heavy atom. The predicted molar refractivity (Wildman–Crippen MR) is 94.4 cm³/mol. The lowest BCUT2D eigenvalue weighted by molar-refractivity contribution is 0.0525. The minimum atomic E-state index is -1.36. The highest BCUT2D eigenvalue weighted by Crippen LogP contribution is 2.38. The minimum absolute atomic E-state index is 0.0614. The van der Waals surface area contributed by atoms with Gasteiger partial charge in [0.2, 0.25) is 5.75 Å². The fourth-order valence-electron chi connectivity index (χ4n) is 2.48. The van der Waals surface area contributed by atoms with E-state index in [4.69, 9.17) is 14.2 Å². The second-order valence-electron chi connectivity index (χ2n) is 5.88. The number of rotatable bonds is 7. The summed E-state index contributed by atoms with van der Waals surface area (Å²) in [5.74, 6) is 0.257. The summed E-state index contributed by atoms with van der Waals surface area (Å²) in [4.78, 5) is 12.5. The molecule has 0 aliphatic carbocycles. The maximum Gasteiger partial charge on any atom is 0.251 e. The Balaban J connectivity index is 2.18. The van der Waals surface area contributed by atoms with Crippen molar-refractivity contribution in [1.29, 1.82) is 0 Å². The van der Waals surface area contributed by atoms with Crippen LogP contribution in [0.5, 0.6) is 17.2 Å². The zero-order valence-corrected chi connectivity index (χ0v) is 15.1. The molecule has 0 aliphatic rings. The predicted octanol–water partition coefficient (Wildman–Crippen LogP) is 2.49. The second kappa shape index (κ2) is 8.05. The van der Waals surface area contributed by atoms with Crippen LogP contribution in [-0.2, 0) is 5.60 Å². The van der Waals surface area contributed by atoms with E-state index in [1.165, 1.54) is 64.7 Å². The molecule has 2 aromatic rings. The Morgan fingerprint density at radius 2 is 1.62 bits per heavy atom. The average Bonchev–Trinajstić information content (AvgIpc) is 2.65. The lowest BCUT2D eigenvalue weighted by Gasteiger charge is -2.24. The van der Waals surface area contributed by atoms with Crippen LogP contribution < -0.4 is 19.5 Å². The van der Waals surface area contributed by atoms with Crippen LogP contribution in [0.2, 0.25) is 0 Å². The molecule has 0 fully saturated rings. The van der Waals surface area contributed by atoms with Gasteiger partial charge in [0.15, 0.2) is 11.5 Å². The van der Waals surface area contributed by atoms with Crippen molar-refractivity contribution in [3.63, 3.8) is 0 Å². The highest BCUT2D eigenvalue weighted by Gasteiger charge is 2.25. The van der Waals surface area contributed by atoms with Crippen molar-refractivity contribution in [3.05, 3.63) is 53.3 Å². The van der Waals surface area contributed by atoms with Gasteiger partial charge in [0, 0.05) is 5.56 Å². The van der Waals surface area contributed by atoms with Crippen LogP contribution in [0.25, 0.3) is 0 Å². The molecule has 1 atom stereocenters. The molecule has 0 spiro atoms. The number of amides is 1. The molecule has 0 radical (unpaired) electrons. The van der Waals surface area contributed by atoms with E-state index >= 15 is 0 Å². The van der Waals surface area contributed by atoms with Gasteiger partial charge in [-0.15, -0.1) is 0 Å². The topological polar surface area (TPSA) is 77.0 Å². The molecule has 1 unspecified atom stereocenters. The minimum Gasteiger partial charge on any atom is -0.493 e. The third kappa shape index (κ3) is 4.23. The van der Waals surface area contributed by atoms with Crippen LogP contribution in [-0.4, -0.2) is 38.9 Å². The quantitative estimate of drug-likeness (QED) is 0.790. The van der Waals surface area contributed by atoms with Crippen LogP contribution in [0.15, 0.2) is 36.4 Å². The highest BCUT2D eigenvalue weighted by atomic mass is 19.1. The van der Waals surface area contributed by atoms with E-state index in [0.29, 0.717) is 22.8 Å². The Kier molecular flexibility index (Phi) is 6.05. The number of methoxy groups -OCH3 is 3. The molecule has 2 aromatic carbocycles. The van der Waals surface area contributed by atoms with Gasteiger partial charge in [0.05, 0.1) is 27.9 Å². The first-order chi connectivity index (χ1) is 12.3. The number of ether oxygens (including phenoxy) is 3. The zero-order valence-electron chi connectivity index (χ0n) is 15.1. The summed E-state index contributed by atoms with van der Waals surface area (Å²) in [6, 6.07) is 8.49. The lowest BCUT2D eigenvalue weighted by atomic mass is 9.96. The molecule has 0 bridgehead atoms. The first-order valence-corrected chi connectivity index (χ1v) is 7.89. The molecule has 2 rings (SSSR count). The number of aliphatic hydroxyl groups is 1. The molecule has 1 amide bonds. The van der Waals surface area contributed by atoms with Crippen LogP contribution in [0.1, 0.15) is 22.8 Å². The number of carbonyl (C=O) groups excluding carboxylic acids is 1. The zero-order chi connectivity index (χ0) is 19.3. The molecule has 0 aliphatic heterocycles. The van der Waals surface area contributed by atoms with Crippen LogP contribution >= 0.6 is 0 Å². The highest BCUT2D eigenvalue weighted by molar-refractivity contribution is 5.95. The second-order valence-corrected chi connectivity index (χ2v) is 5.88. The van der Waals surface area contributed by atoms with Gasteiger partial charge in [-0.3, -0.25) is 4.79 Å². The van der Waals surface area contributed by atoms with E-state index in [-0.39, 0.29) is 12.1 Å². The van der Waals surface area contributed by atoms with Gasteiger partial charge in [0.1, 0.15) is 11.4 Å². The van der Waals surface area contributed by atoms with E-state index in [1.54, 1.807) is 0 Å². The Bertz CT molecular complexity index is 749. The van der Waals surface area contributed by atoms with Crippen LogP contribution in [0.3, 0.4) is 0 Å². The summed E-state index contributed by atoms with van der Waals surface area (Å²) < 4.78 is 28.7. The molecule has 7 heteroatoms. The molecule has 6 nitrogen and oxygen atoms in total. The van der Waals surface area contributed by atoms with E-state index in [0.717, 1.165) is 0 Å². The fraction of sp³-hybridized carbons (Fsp3) is 0.316. The monoisotopic (exact) mass is 363 g/mol. The van der Waals surface area contributed by atoms with Crippen molar-refractivity contribution in [3.8, 4) is 17.2 Å². The van der Waals surface area contributed by atoms with Crippen molar-refractivity contribution >= 4 is 5.91 Å². The summed E-state index contributed by atoms with van der Waals surface area (Å²) >= 11 is 0. The van der Waals surface area contributed by atoms with E-state index in [2.05, 4.69) is 5.32 Å². The summed E-state index contributed by atoms with van der Waals surface area (Å²) in [5.41, 5.74) is -0.581. The fourth-order valence-corrected chi connectivity index (χ4v) is 2.48. The van der Waals surface area contributed by atoms with Crippen LogP contribution in [0, 0.1) is 5.82 Å². The molecule has 26 heavy (non-hydrogen) atoms. The lowest BCUT2D eigenvalue weighted by Crippen LogP contribution is -2.38. The third-order valence-corrected chi connectivity index (χ3v) is 3.99. The molecule has 0 saturated carbocycles. The van der Waals surface area contributed by atoms with E-state index in [9.17, 15) is 14.3 Å². The number of carbonyl (C=O) groups is 1. The maximum absolute atomic E-state index is 13.0. The van der Waals surface area contributed by atoms with Crippen molar-refractivity contribution in [2.45, 2.75) is 12.5 Å². The molecule has 0 aromatic heterocycles. The first kappa shape index (κ1) is 19.5. The Hall–Kier alpha value is -2.80. The van der Waals surface area contributed by atoms with Gasteiger partial charge in [-0.05, 0) is 36.8 Å². The molecule has 0 saturated heterocycles. The standard InChI is InChI=1S/C19H22FNO5/c1-19(23,13-5-7-14(20)8-6-13)11-21-18(22)12-9-15(24-2)17(26-4)16(10-12)25-3/h5-10,23H,11H2,1-4H3,(H,21,22). The molecule has 2 N–H and O–H groups in total. The summed E-state index contributed by atoms with van der Waals surface area (Å²) in [6.07, 6.45) is 0. The van der Waals surface area contributed by atoms with Gasteiger partial charge in [-0.1, -0.05) is 12.1 Å². The van der Waals surface area contributed by atoms with Gasteiger partial charge in [-0.25, -0.2) is 4.39 Å². The maximum atomic E-state index is 13.0. The van der Waals surface area contributed by atoms with Gasteiger partial charge < -0.3 is 24.6 Å². The molecule has 0 heterocycles. The van der Waals surface area contributed by atoms with Gasteiger partial charge in [-0.2, -0.15) is 0 Å². The smallest absolute Gasteiger partial charge is 0.251 e. The third-order valence-electron chi connectivity index (χ3n) is 3.99. The summed E-state index contributed by atoms with van der Waals surface area (Å²) in [5, 5.41) is 13.2. The van der Waals surface area contributed by atoms with E-state index < -0.39 is 17.3 Å². The molecular formula is C19H22FNO5. The Morgan fingerprint density at radius 3 is 2.08 bits per heavy atom. The van der Waals surface area contributed by atoms with Crippen molar-refractivity contribution < 1.29 is 28.5 Å². The largest absolute Gasteiger partial charge is 0.493 e. The van der Waals surface area contributed by atoms with Crippen LogP contribution in [0.4, 0.5) is 4.39 Å². The average molecular weight is 363 g/mol. The normalized spacial score (nSPS) is 12.8. The SMILES string of the molecule is COc1cc(C(=O)NCC(C)(O)c2ccc(F)cc2)cc(OC)c1OC. The Labute approximate surface area is 151 Å². The number of benzene rings is 2.